The van der Waals surface area contributed by atoms with Crippen LogP contribution < -0.4 is 0 Å². The van der Waals surface area contributed by atoms with Crippen LogP contribution in [0, 0.1) is 17.5 Å². The Kier molecular flexibility index (Phi) is 4.36. The Morgan fingerprint density at radius 3 is 2.40 bits per heavy atom. The Balaban J connectivity index is 1.66. The van der Waals surface area contributed by atoms with Crippen molar-refractivity contribution in [2.45, 2.75) is 25.0 Å². The zero-order valence-electron chi connectivity index (χ0n) is 13.6. The van der Waals surface area contributed by atoms with Gasteiger partial charge < -0.3 is 4.74 Å². The number of rotatable bonds is 3. The van der Waals surface area contributed by atoms with E-state index in [1.165, 1.54) is 5.56 Å². The fraction of sp³-hybridized carbons (Fsp3) is 0.300. The smallest absolute Gasteiger partial charge is 0.136 e. The van der Waals surface area contributed by atoms with Gasteiger partial charge in [0.2, 0.25) is 0 Å². The molecule has 2 atom stereocenters. The summed E-state index contributed by atoms with van der Waals surface area (Å²) in [4.78, 5) is 2.31. The van der Waals surface area contributed by atoms with Gasteiger partial charge in [-0.25, -0.2) is 13.2 Å². The van der Waals surface area contributed by atoms with E-state index in [1.807, 2.05) is 24.3 Å². The summed E-state index contributed by atoms with van der Waals surface area (Å²) in [6.45, 7) is 1.76. The number of morpholine rings is 1. The normalized spacial score (nSPS) is 23.4. The van der Waals surface area contributed by atoms with Gasteiger partial charge in [0, 0.05) is 30.3 Å². The van der Waals surface area contributed by atoms with Crippen LogP contribution in [0.1, 0.15) is 17.5 Å². The average Bonchev–Trinajstić information content (AvgIpc) is 2.55. The summed E-state index contributed by atoms with van der Waals surface area (Å²) in [6.07, 6.45) is 2.33. The van der Waals surface area contributed by atoms with Crippen molar-refractivity contribution in [2.24, 2.45) is 0 Å². The third-order valence-corrected chi connectivity index (χ3v) is 4.88. The standard InChI is InChI=1S/C20H18F3NO/c21-15-8-18(22)20(19(23)9-15)14-6-16-11-25-12-17(7-14)24(16)10-13-4-2-1-3-5-13/h1-6,8-9,16-17H,7,10-12H2. The summed E-state index contributed by atoms with van der Waals surface area (Å²) < 4.78 is 47.1. The van der Waals surface area contributed by atoms with Crippen LogP contribution in [0.15, 0.2) is 48.5 Å². The Hall–Kier alpha value is -2.11. The fourth-order valence-electron chi connectivity index (χ4n) is 3.74. The van der Waals surface area contributed by atoms with E-state index in [0.717, 1.165) is 18.7 Å². The molecule has 2 aromatic rings. The van der Waals surface area contributed by atoms with E-state index in [9.17, 15) is 13.2 Å². The molecule has 2 aliphatic rings. The van der Waals surface area contributed by atoms with Gasteiger partial charge in [-0.2, -0.15) is 0 Å². The van der Waals surface area contributed by atoms with Crippen LogP contribution >= 0.6 is 0 Å². The molecule has 2 heterocycles. The molecule has 0 saturated carbocycles. The molecule has 2 aliphatic heterocycles. The van der Waals surface area contributed by atoms with Crippen molar-refractivity contribution < 1.29 is 17.9 Å². The van der Waals surface area contributed by atoms with E-state index in [4.69, 9.17) is 4.74 Å². The lowest BCUT2D eigenvalue weighted by atomic mass is 9.89. The number of hydrogen-bond acceptors (Lipinski definition) is 2. The number of fused-ring (bicyclic) bond motifs is 2. The van der Waals surface area contributed by atoms with Gasteiger partial charge in [-0.15, -0.1) is 0 Å². The maximum atomic E-state index is 14.2. The van der Waals surface area contributed by atoms with E-state index in [2.05, 4.69) is 17.0 Å². The number of nitrogens with zero attached hydrogens (tertiary/aromatic N) is 1. The van der Waals surface area contributed by atoms with Gasteiger partial charge in [0.25, 0.3) is 0 Å². The topological polar surface area (TPSA) is 12.5 Å². The highest BCUT2D eigenvalue weighted by atomic mass is 19.1. The van der Waals surface area contributed by atoms with Crippen molar-refractivity contribution in [3.8, 4) is 0 Å². The van der Waals surface area contributed by atoms with Crippen LogP contribution in [0.2, 0.25) is 0 Å². The highest BCUT2D eigenvalue weighted by Crippen LogP contribution is 2.35. The highest BCUT2D eigenvalue weighted by Gasteiger charge is 2.36. The Morgan fingerprint density at radius 2 is 1.72 bits per heavy atom. The van der Waals surface area contributed by atoms with Crippen LogP contribution in [0.3, 0.4) is 0 Å². The minimum Gasteiger partial charge on any atom is -0.378 e. The first-order chi connectivity index (χ1) is 12.1. The molecule has 130 valence electrons. The lowest BCUT2D eigenvalue weighted by Crippen LogP contribution is -2.53. The van der Waals surface area contributed by atoms with E-state index in [-0.39, 0.29) is 17.6 Å². The molecule has 0 spiro atoms. The van der Waals surface area contributed by atoms with Crippen molar-refractivity contribution in [2.75, 3.05) is 13.2 Å². The number of benzene rings is 2. The second kappa shape index (κ2) is 6.65. The van der Waals surface area contributed by atoms with Crippen molar-refractivity contribution in [1.82, 2.24) is 4.90 Å². The molecule has 2 nitrogen and oxygen atoms in total. The Bertz CT molecular complexity index is 783. The summed E-state index contributed by atoms with van der Waals surface area (Å²) in [7, 11) is 0. The molecular weight excluding hydrogens is 327 g/mol. The summed E-state index contributed by atoms with van der Waals surface area (Å²) in [6, 6.07) is 11.6. The van der Waals surface area contributed by atoms with Gasteiger partial charge in [-0.05, 0) is 17.6 Å². The predicted molar refractivity (Wildman–Crippen MR) is 89.3 cm³/mol. The van der Waals surface area contributed by atoms with E-state index < -0.39 is 17.5 Å². The van der Waals surface area contributed by atoms with Crippen LogP contribution in [-0.4, -0.2) is 30.2 Å². The number of hydrogen-bond donors (Lipinski definition) is 0. The van der Waals surface area contributed by atoms with Crippen molar-refractivity contribution >= 4 is 5.57 Å². The Morgan fingerprint density at radius 1 is 1.00 bits per heavy atom. The molecule has 2 aromatic carbocycles. The van der Waals surface area contributed by atoms with Crippen LogP contribution in [-0.2, 0) is 11.3 Å². The molecule has 0 amide bonds. The maximum absolute atomic E-state index is 14.2. The van der Waals surface area contributed by atoms with Gasteiger partial charge in [-0.1, -0.05) is 36.4 Å². The largest absolute Gasteiger partial charge is 0.378 e. The molecule has 1 saturated heterocycles. The molecule has 0 radical (unpaired) electrons. The van der Waals surface area contributed by atoms with Gasteiger partial charge in [0.1, 0.15) is 17.5 Å². The monoisotopic (exact) mass is 345 g/mol. The third kappa shape index (κ3) is 3.22. The predicted octanol–water partition coefficient (Wildman–Crippen LogP) is 4.16. The van der Waals surface area contributed by atoms with Crippen molar-refractivity contribution in [1.29, 1.82) is 0 Å². The summed E-state index contributed by atoms with van der Waals surface area (Å²) in [5, 5.41) is 0. The van der Waals surface area contributed by atoms with Crippen LogP contribution in [0.5, 0.6) is 0 Å². The third-order valence-electron chi connectivity index (χ3n) is 4.88. The minimum atomic E-state index is -0.899. The number of halogens is 3. The first kappa shape index (κ1) is 16.4. The molecule has 0 aliphatic carbocycles. The molecule has 0 aromatic heterocycles. The SMILES string of the molecule is Fc1cc(F)c(C2=CC3COCC(C2)N3Cc2ccccc2)c(F)c1. The molecule has 5 heteroatoms. The van der Waals surface area contributed by atoms with Crippen molar-refractivity contribution in [3.63, 3.8) is 0 Å². The maximum Gasteiger partial charge on any atom is 0.136 e. The second-order valence-corrected chi connectivity index (χ2v) is 6.56. The van der Waals surface area contributed by atoms with E-state index >= 15 is 0 Å². The summed E-state index contributed by atoms with van der Waals surface area (Å²) in [5.74, 6) is -2.59. The van der Waals surface area contributed by atoms with Gasteiger partial charge in [0.15, 0.2) is 0 Å². The molecule has 0 N–H and O–H groups in total. The molecule has 1 fully saturated rings. The number of ether oxygens (including phenoxy) is 1. The molecule has 25 heavy (non-hydrogen) atoms. The second-order valence-electron chi connectivity index (χ2n) is 6.56. The molecule has 2 bridgehead atoms. The fourth-order valence-corrected chi connectivity index (χ4v) is 3.74. The average molecular weight is 345 g/mol. The summed E-state index contributed by atoms with van der Waals surface area (Å²) >= 11 is 0. The van der Waals surface area contributed by atoms with Crippen molar-refractivity contribution in [3.05, 3.63) is 77.1 Å². The first-order valence-corrected chi connectivity index (χ1v) is 8.35. The lowest BCUT2D eigenvalue weighted by molar-refractivity contribution is -0.0403. The van der Waals surface area contributed by atoms with Crippen LogP contribution in [0.25, 0.3) is 5.57 Å². The highest BCUT2D eigenvalue weighted by molar-refractivity contribution is 5.68. The van der Waals surface area contributed by atoms with Gasteiger partial charge in [0.05, 0.1) is 19.3 Å². The van der Waals surface area contributed by atoms with E-state index in [1.54, 1.807) is 0 Å². The molecular formula is C20H18F3NO. The zero-order valence-corrected chi connectivity index (χ0v) is 13.6. The van der Waals surface area contributed by atoms with Crippen LogP contribution in [0.4, 0.5) is 13.2 Å². The molecule has 2 unspecified atom stereocenters. The zero-order chi connectivity index (χ0) is 17.4. The van der Waals surface area contributed by atoms with E-state index in [0.29, 0.717) is 25.2 Å². The minimum absolute atomic E-state index is 0.0443. The van der Waals surface area contributed by atoms with Gasteiger partial charge in [-0.3, -0.25) is 4.90 Å². The van der Waals surface area contributed by atoms with Gasteiger partial charge >= 0.3 is 0 Å². The Labute approximate surface area is 144 Å². The lowest BCUT2D eigenvalue weighted by Gasteiger charge is -2.44. The quantitative estimate of drug-likeness (QED) is 0.828. The first-order valence-electron chi connectivity index (χ1n) is 8.35. The summed E-state index contributed by atoms with van der Waals surface area (Å²) in [5.41, 5.74) is 1.67. The molecule has 4 rings (SSSR count).